The zero-order valence-corrected chi connectivity index (χ0v) is 13.9. The van der Waals surface area contributed by atoms with Crippen molar-refractivity contribution >= 4 is 17.5 Å². The molecule has 0 spiro atoms. The lowest BCUT2D eigenvalue weighted by Crippen LogP contribution is -2.16. The molecule has 2 aromatic heterocycles. The first-order valence-electron chi connectivity index (χ1n) is 8.12. The Hall–Kier alpha value is -2.95. The Morgan fingerprint density at radius 3 is 2.46 bits per heavy atom. The summed E-state index contributed by atoms with van der Waals surface area (Å²) in [7, 11) is 0. The standard InChI is InChI=1S/C19H21N5/c1-3-14(2)21-19-23-17(15-9-11-20-12-10-15)13-18(24-19)22-16-7-5-4-6-8-16/h4-14H,3H2,1-2H3,(H2,21,22,23,24)/t14-/m1/s1. The number of aromatic nitrogens is 3. The van der Waals surface area contributed by atoms with Crippen LogP contribution < -0.4 is 10.6 Å². The quantitative estimate of drug-likeness (QED) is 0.701. The number of benzene rings is 1. The maximum Gasteiger partial charge on any atom is 0.225 e. The molecule has 24 heavy (non-hydrogen) atoms. The van der Waals surface area contributed by atoms with E-state index < -0.39 is 0 Å². The average molecular weight is 319 g/mol. The van der Waals surface area contributed by atoms with Crippen LogP contribution in [0, 0.1) is 0 Å². The Morgan fingerprint density at radius 1 is 1.00 bits per heavy atom. The van der Waals surface area contributed by atoms with Crippen LogP contribution in [0.4, 0.5) is 17.5 Å². The Morgan fingerprint density at radius 2 is 1.75 bits per heavy atom. The van der Waals surface area contributed by atoms with Crippen LogP contribution in [-0.4, -0.2) is 21.0 Å². The van der Waals surface area contributed by atoms with E-state index >= 15 is 0 Å². The zero-order valence-electron chi connectivity index (χ0n) is 13.9. The fraction of sp³-hybridized carbons (Fsp3) is 0.211. The third-order valence-electron chi connectivity index (χ3n) is 3.74. The van der Waals surface area contributed by atoms with E-state index in [-0.39, 0.29) is 0 Å². The fourth-order valence-corrected chi connectivity index (χ4v) is 2.24. The first kappa shape index (κ1) is 15.9. The molecule has 0 bridgehead atoms. The second kappa shape index (κ2) is 7.55. The lowest BCUT2D eigenvalue weighted by molar-refractivity contribution is 0.753. The molecule has 5 heteroatoms. The second-order valence-corrected chi connectivity index (χ2v) is 5.64. The van der Waals surface area contributed by atoms with Crippen LogP contribution in [-0.2, 0) is 0 Å². The number of hydrogen-bond acceptors (Lipinski definition) is 5. The maximum absolute atomic E-state index is 4.64. The molecule has 5 nitrogen and oxygen atoms in total. The van der Waals surface area contributed by atoms with Crippen LogP contribution in [0.15, 0.2) is 60.9 Å². The Balaban J connectivity index is 1.96. The predicted octanol–water partition coefficient (Wildman–Crippen LogP) is 4.49. The first-order chi connectivity index (χ1) is 11.7. The number of hydrogen-bond donors (Lipinski definition) is 2. The summed E-state index contributed by atoms with van der Waals surface area (Å²) in [6, 6.07) is 16.1. The van der Waals surface area contributed by atoms with Gasteiger partial charge < -0.3 is 10.6 Å². The van der Waals surface area contributed by atoms with E-state index in [4.69, 9.17) is 0 Å². The van der Waals surface area contributed by atoms with Gasteiger partial charge in [0.05, 0.1) is 5.69 Å². The van der Waals surface area contributed by atoms with Crippen molar-refractivity contribution in [3.63, 3.8) is 0 Å². The van der Waals surface area contributed by atoms with Crippen molar-refractivity contribution in [3.05, 3.63) is 60.9 Å². The largest absolute Gasteiger partial charge is 0.352 e. The highest BCUT2D eigenvalue weighted by Gasteiger charge is 2.09. The van der Waals surface area contributed by atoms with Gasteiger partial charge in [-0.05, 0) is 37.6 Å². The molecule has 2 N–H and O–H groups in total. The van der Waals surface area contributed by atoms with E-state index in [0.29, 0.717) is 12.0 Å². The van der Waals surface area contributed by atoms with Crippen molar-refractivity contribution in [2.24, 2.45) is 0 Å². The number of para-hydroxylation sites is 1. The molecular formula is C19H21N5. The fourth-order valence-electron chi connectivity index (χ4n) is 2.24. The lowest BCUT2D eigenvalue weighted by atomic mass is 10.2. The molecule has 0 unspecified atom stereocenters. The molecule has 1 atom stereocenters. The summed E-state index contributed by atoms with van der Waals surface area (Å²) in [4.78, 5) is 13.3. The van der Waals surface area contributed by atoms with Crippen LogP contribution in [0.3, 0.4) is 0 Å². The van der Waals surface area contributed by atoms with Gasteiger partial charge in [0.1, 0.15) is 5.82 Å². The van der Waals surface area contributed by atoms with E-state index in [1.165, 1.54) is 0 Å². The lowest BCUT2D eigenvalue weighted by Gasteiger charge is -2.14. The van der Waals surface area contributed by atoms with E-state index in [9.17, 15) is 0 Å². The summed E-state index contributed by atoms with van der Waals surface area (Å²) in [5, 5.41) is 6.69. The number of pyridine rings is 1. The van der Waals surface area contributed by atoms with Gasteiger partial charge in [-0.15, -0.1) is 0 Å². The first-order valence-corrected chi connectivity index (χ1v) is 8.12. The van der Waals surface area contributed by atoms with Crippen molar-refractivity contribution in [2.45, 2.75) is 26.3 Å². The molecule has 0 aliphatic rings. The van der Waals surface area contributed by atoms with E-state index in [0.717, 1.165) is 29.2 Å². The van der Waals surface area contributed by atoms with Gasteiger partial charge in [0.15, 0.2) is 0 Å². The van der Waals surface area contributed by atoms with Crippen LogP contribution >= 0.6 is 0 Å². The number of rotatable bonds is 6. The van der Waals surface area contributed by atoms with E-state index in [2.05, 4.69) is 39.4 Å². The van der Waals surface area contributed by atoms with Gasteiger partial charge in [-0.3, -0.25) is 4.98 Å². The summed E-state index contributed by atoms with van der Waals surface area (Å²) in [6.45, 7) is 4.25. The zero-order chi connectivity index (χ0) is 16.8. The molecule has 2 heterocycles. The summed E-state index contributed by atoms with van der Waals surface area (Å²) < 4.78 is 0. The average Bonchev–Trinajstić information content (AvgIpc) is 2.63. The van der Waals surface area contributed by atoms with Gasteiger partial charge >= 0.3 is 0 Å². The minimum Gasteiger partial charge on any atom is -0.352 e. The molecule has 0 aliphatic carbocycles. The summed E-state index contributed by atoms with van der Waals surface area (Å²) in [5.74, 6) is 1.38. The Kier molecular flexibility index (Phi) is 5.01. The summed E-state index contributed by atoms with van der Waals surface area (Å²) in [6.07, 6.45) is 4.54. The summed E-state index contributed by atoms with van der Waals surface area (Å²) in [5.41, 5.74) is 2.86. The molecule has 3 aromatic rings. The van der Waals surface area contributed by atoms with Crippen molar-refractivity contribution in [2.75, 3.05) is 10.6 Å². The van der Waals surface area contributed by atoms with Gasteiger partial charge in [-0.2, -0.15) is 4.98 Å². The van der Waals surface area contributed by atoms with Crippen LogP contribution in [0.25, 0.3) is 11.3 Å². The molecule has 3 rings (SSSR count). The number of nitrogens with zero attached hydrogens (tertiary/aromatic N) is 3. The van der Waals surface area contributed by atoms with Gasteiger partial charge in [0, 0.05) is 35.8 Å². The highest BCUT2D eigenvalue weighted by Crippen LogP contribution is 2.23. The van der Waals surface area contributed by atoms with Crippen LogP contribution in [0.1, 0.15) is 20.3 Å². The number of nitrogens with one attached hydrogen (secondary N) is 2. The second-order valence-electron chi connectivity index (χ2n) is 5.64. The van der Waals surface area contributed by atoms with Gasteiger partial charge in [0.2, 0.25) is 5.95 Å². The minimum atomic E-state index is 0.308. The van der Waals surface area contributed by atoms with Crippen LogP contribution in [0.5, 0.6) is 0 Å². The topological polar surface area (TPSA) is 62.7 Å². The molecule has 0 saturated heterocycles. The predicted molar refractivity (Wildman–Crippen MR) is 98.4 cm³/mol. The van der Waals surface area contributed by atoms with Crippen molar-refractivity contribution < 1.29 is 0 Å². The van der Waals surface area contributed by atoms with Gasteiger partial charge in [-0.25, -0.2) is 4.98 Å². The maximum atomic E-state index is 4.64. The summed E-state index contributed by atoms with van der Waals surface area (Å²) >= 11 is 0. The highest BCUT2D eigenvalue weighted by molar-refractivity contribution is 5.67. The molecular weight excluding hydrogens is 298 g/mol. The minimum absolute atomic E-state index is 0.308. The van der Waals surface area contributed by atoms with E-state index in [1.807, 2.05) is 48.5 Å². The Bertz CT molecular complexity index is 774. The van der Waals surface area contributed by atoms with Gasteiger partial charge in [0.25, 0.3) is 0 Å². The van der Waals surface area contributed by atoms with E-state index in [1.54, 1.807) is 12.4 Å². The smallest absolute Gasteiger partial charge is 0.225 e. The Labute approximate surface area is 142 Å². The van der Waals surface area contributed by atoms with Crippen LogP contribution in [0.2, 0.25) is 0 Å². The van der Waals surface area contributed by atoms with Crippen molar-refractivity contribution in [3.8, 4) is 11.3 Å². The van der Waals surface area contributed by atoms with Crippen molar-refractivity contribution in [1.29, 1.82) is 0 Å². The normalized spacial score (nSPS) is 11.8. The molecule has 0 radical (unpaired) electrons. The SMILES string of the molecule is CC[C@@H](C)Nc1nc(Nc2ccccc2)cc(-c2ccncc2)n1. The molecule has 0 saturated carbocycles. The van der Waals surface area contributed by atoms with Crippen molar-refractivity contribution in [1.82, 2.24) is 15.0 Å². The molecule has 122 valence electrons. The molecule has 0 aliphatic heterocycles. The molecule has 0 amide bonds. The molecule has 1 aromatic carbocycles. The monoisotopic (exact) mass is 319 g/mol. The molecule has 0 fully saturated rings. The number of anilines is 3. The highest BCUT2D eigenvalue weighted by atomic mass is 15.2. The third kappa shape index (κ3) is 4.07. The van der Waals surface area contributed by atoms with Gasteiger partial charge in [-0.1, -0.05) is 25.1 Å². The third-order valence-corrected chi connectivity index (χ3v) is 3.74.